The summed E-state index contributed by atoms with van der Waals surface area (Å²) >= 11 is 5.74. The van der Waals surface area contributed by atoms with Crippen LogP contribution in [0.15, 0.2) is 12.1 Å². The van der Waals surface area contributed by atoms with E-state index in [1.807, 2.05) is 0 Å². The highest BCUT2D eigenvalue weighted by Crippen LogP contribution is 2.58. The number of carbonyl (C=O) groups is 2. The molecule has 2 rings (SSSR count). The molecule has 0 radical (unpaired) electrons. The van der Waals surface area contributed by atoms with Crippen molar-refractivity contribution in [2.45, 2.75) is 20.8 Å². The molecule has 5 nitrogen and oxygen atoms in total. The van der Waals surface area contributed by atoms with Gasteiger partial charge in [-0.2, -0.15) is 0 Å². The molecule has 0 bridgehead atoms. The standard InChI is InChI=1S/C13H15ClN2O3/c1-6-7(4-5-8(14)15-6)16-11(17)9-10(12(18)19)13(9,2)3/h4-5,9-10H,1-3H3,(H,16,17)(H,18,19). The minimum Gasteiger partial charge on any atom is -0.481 e. The number of anilines is 1. The Bertz CT molecular complexity index is 557. The molecule has 2 N–H and O–H groups in total. The Morgan fingerprint density at radius 1 is 1.37 bits per heavy atom. The van der Waals surface area contributed by atoms with Crippen molar-refractivity contribution in [1.29, 1.82) is 0 Å². The third-order valence-electron chi connectivity index (χ3n) is 3.69. The van der Waals surface area contributed by atoms with Crippen LogP contribution in [0, 0.1) is 24.2 Å². The van der Waals surface area contributed by atoms with Crippen LogP contribution in [-0.4, -0.2) is 22.0 Å². The van der Waals surface area contributed by atoms with Crippen LogP contribution in [0.5, 0.6) is 0 Å². The average Bonchev–Trinajstić information content (AvgIpc) is 2.86. The Labute approximate surface area is 116 Å². The van der Waals surface area contributed by atoms with Gasteiger partial charge in [-0.15, -0.1) is 0 Å². The first kappa shape index (κ1) is 13.8. The molecule has 0 aliphatic heterocycles. The van der Waals surface area contributed by atoms with E-state index in [0.29, 0.717) is 16.5 Å². The van der Waals surface area contributed by atoms with Crippen LogP contribution in [-0.2, 0) is 9.59 Å². The summed E-state index contributed by atoms with van der Waals surface area (Å²) in [6, 6.07) is 3.24. The number of halogens is 1. The molecule has 6 heteroatoms. The Hall–Kier alpha value is -1.62. The number of aromatic nitrogens is 1. The van der Waals surface area contributed by atoms with Crippen LogP contribution in [0.2, 0.25) is 5.15 Å². The number of carbonyl (C=O) groups excluding carboxylic acids is 1. The number of carboxylic acid groups (broad SMARTS) is 1. The van der Waals surface area contributed by atoms with Crippen molar-refractivity contribution in [3.8, 4) is 0 Å². The Morgan fingerprint density at radius 3 is 2.47 bits per heavy atom. The van der Waals surface area contributed by atoms with Gasteiger partial charge in [0.1, 0.15) is 5.15 Å². The van der Waals surface area contributed by atoms with Gasteiger partial charge in [-0.1, -0.05) is 25.4 Å². The number of hydrogen-bond donors (Lipinski definition) is 2. The molecule has 102 valence electrons. The van der Waals surface area contributed by atoms with Gasteiger partial charge in [-0.3, -0.25) is 9.59 Å². The number of hydrogen-bond acceptors (Lipinski definition) is 3. The first-order valence-corrected chi connectivity index (χ1v) is 6.29. The first-order chi connectivity index (χ1) is 8.75. The molecule has 1 fully saturated rings. The summed E-state index contributed by atoms with van der Waals surface area (Å²) in [5, 5.41) is 12.1. The molecule has 1 amide bonds. The number of pyridine rings is 1. The molecule has 1 heterocycles. The molecular weight excluding hydrogens is 268 g/mol. The van der Waals surface area contributed by atoms with E-state index in [9.17, 15) is 9.59 Å². The van der Waals surface area contributed by atoms with Gasteiger partial charge in [0.15, 0.2) is 0 Å². The van der Waals surface area contributed by atoms with Crippen LogP contribution < -0.4 is 5.32 Å². The number of nitrogens with one attached hydrogen (secondary N) is 1. The van der Waals surface area contributed by atoms with E-state index in [0.717, 1.165) is 0 Å². The maximum atomic E-state index is 12.1. The van der Waals surface area contributed by atoms with Crippen LogP contribution >= 0.6 is 11.6 Å². The fourth-order valence-corrected chi connectivity index (χ4v) is 2.65. The number of carboxylic acids is 1. The van der Waals surface area contributed by atoms with Gasteiger partial charge in [0, 0.05) is 0 Å². The molecule has 19 heavy (non-hydrogen) atoms. The van der Waals surface area contributed by atoms with E-state index >= 15 is 0 Å². The summed E-state index contributed by atoms with van der Waals surface area (Å²) in [5.74, 6) is -2.37. The van der Waals surface area contributed by atoms with E-state index in [2.05, 4.69) is 10.3 Å². The van der Waals surface area contributed by atoms with Gasteiger partial charge in [0.25, 0.3) is 0 Å². The average molecular weight is 283 g/mol. The van der Waals surface area contributed by atoms with Gasteiger partial charge in [0.05, 0.1) is 23.2 Å². The van der Waals surface area contributed by atoms with Gasteiger partial charge in [0.2, 0.25) is 5.91 Å². The lowest BCUT2D eigenvalue weighted by Crippen LogP contribution is -2.18. The topological polar surface area (TPSA) is 79.3 Å². The van der Waals surface area contributed by atoms with Gasteiger partial charge in [-0.05, 0) is 24.5 Å². The van der Waals surface area contributed by atoms with Crippen LogP contribution in [0.3, 0.4) is 0 Å². The fraction of sp³-hybridized carbons (Fsp3) is 0.462. The molecule has 1 aliphatic rings. The minimum atomic E-state index is -0.934. The predicted molar refractivity (Wildman–Crippen MR) is 71.0 cm³/mol. The molecule has 2 atom stereocenters. The number of nitrogens with zero attached hydrogens (tertiary/aromatic N) is 1. The molecule has 0 aromatic carbocycles. The molecule has 1 saturated carbocycles. The fourth-order valence-electron chi connectivity index (χ4n) is 2.46. The van der Waals surface area contributed by atoms with Crippen molar-refractivity contribution < 1.29 is 14.7 Å². The Balaban J connectivity index is 2.13. The third-order valence-corrected chi connectivity index (χ3v) is 3.90. The molecule has 1 aromatic rings. The van der Waals surface area contributed by atoms with Crippen molar-refractivity contribution >= 4 is 29.2 Å². The lowest BCUT2D eigenvalue weighted by molar-refractivity contribution is -0.140. The molecule has 1 aromatic heterocycles. The summed E-state index contributed by atoms with van der Waals surface area (Å²) in [6.45, 7) is 5.29. The number of aryl methyl sites for hydroxylation is 1. The smallest absolute Gasteiger partial charge is 0.307 e. The van der Waals surface area contributed by atoms with E-state index < -0.39 is 23.2 Å². The zero-order chi connectivity index (χ0) is 14.4. The summed E-state index contributed by atoms with van der Waals surface area (Å²) in [6.07, 6.45) is 0. The first-order valence-electron chi connectivity index (χ1n) is 5.92. The maximum Gasteiger partial charge on any atom is 0.307 e. The Kier molecular flexibility index (Phi) is 3.26. The number of amides is 1. The highest BCUT2D eigenvalue weighted by Gasteiger charge is 2.65. The van der Waals surface area contributed by atoms with Gasteiger partial charge in [-0.25, -0.2) is 4.98 Å². The third kappa shape index (κ3) is 2.42. The largest absolute Gasteiger partial charge is 0.481 e. The molecule has 1 aliphatic carbocycles. The van der Waals surface area contributed by atoms with E-state index in [4.69, 9.17) is 16.7 Å². The number of aliphatic carboxylic acids is 1. The van der Waals surface area contributed by atoms with Crippen LogP contribution in [0.4, 0.5) is 5.69 Å². The summed E-state index contributed by atoms with van der Waals surface area (Å²) in [5.41, 5.74) is 0.649. The second-order valence-corrected chi connectivity index (χ2v) is 5.76. The van der Waals surface area contributed by atoms with Crippen molar-refractivity contribution in [3.05, 3.63) is 23.0 Å². The SMILES string of the molecule is Cc1nc(Cl)ccc1NC(=O)C1C(C(=O)O)C1(C)C. The molecule has 2 unspecified atom stereocenters. The summed E-state index contributed by atoms with van der Waals surface area (Å²) < 4.78 is 0. The van der Waals surface area contributed by atoms with E-state index in [1.165, 1.54) is 0 Å². The zero-order valence-electron chi connectivity index (χ0n) is 10.9. The summed E-state index contributed by atoms with van der Waals surface area (Å²) in [4.78, 5) is 27.2. The normalized spacial score (nSPS) is 23.8. The highest BCUT2D eigenvalue weighted by atomic mass is 35.5. The summed E-state index contributed by atoms with van der Waals surface area (Å²) in [7, 11) is 0. The zero-order valence-corrected chi connectivity index (χ0v) is 11.7. The second kappa shape index (κ2) is 4.49. The second-order valence-electron chi connectivity index (χ2n) is 5.37. The Morgan fingerprint density at radius 2 is 2.00 bits per heavy atom. The van der Waals surface area contributed by atoms with Gasteiger partial charge >= 0.3 is 5.97 Å². The molecule has 0 saturated heterocycles. The van der Waals surface area contributed by atoms with E-state index in [-0.39, 0.29) is 5.91 Å². The van der Waals surface area contributed by atoms with Crippen molar-refractivity contribution in [1.82, 2.24) is 4.98 Å². The molecular formula is C13H15ClN2O3. The predicted octanol–water partition coefficient (Wildman–Crippen LogP) is 2.34. The highest BCUT2D eigenvalue weighted by molar-refractivity contribution is 6.29. The number of rotatable bonds is 3. The van der Waals surface area contributed by atoms with Crippen molar-refractivity contribution in [2.24, 2.45) is 17.3 Å². The van der Waals surface area contributed by atoms with Gasteiger partial charge < -0.3 is 10.4 Å². The lowest BCUT2D eigenvalue weighted by atomic mass is 10.1. The maximum absolute atomic E-state index is 12.1. The minimum absolute atomic E-state index is 0.287. The van der Waals surface area contributed by atoms with Crippen LogP contribution in [0.25, 0.3) is 0 Å². The van der Waals surface area contributed by atoms with Crippen molar-refractivity contribution in [3.63, 3.8) is 0 Å². The lowest BCUT2D eigenvalue weighted by Gasteiger charge is -2.08. The quantitative estimate of drug-likeness (QED) is 0.834. The van der Waals surface area contributed by atoms with Crippen molar-refractivity contribution in [2.75, 3.05) is 5.32 Å². The monoisotopic (exact) mass is 282 g/mol. The molecule has 0 spiro atoms. The van der Waals surface area contributed by atoms with E-state index in [1.54, 1.807) is 32.9 Å². The van der Waals surface area contributed by atoms with Crippen LogP contribution in [0.1, 0.15) is 19.5 Å².